The molecule has 7 nitrogen and oxygen atoms in total. The van der Waals surface area contributed by atoms with Crippen LogP contribution in [0.5, 0.6) is 5.75 Å². The minimum atomic E-state index is -4.75. The molecule has 1 aromatic carbocycles. The summed E-state index contributed by atoms with van der Waals surface area (Å²) < 4.78 is 58.6. The monoisotopic (exact) mass is 469 g/mol. The Morgan fingerprint density at radius 2 is 1.91 bits per heavy atom. The average molecular weight is 469 g/mol. The van der Waals surface area contributed by atoms with E-state index in [1.54, 1.807) is 6.92 Å². The Balaban J connectivity index is 2.20. The third-order valence-corrected chi connectivity index (χ3v) is 4.78. The molecule has 0 fully saturated rings. The van der Waals surface area contributed by atoms with Crippen molar-refractivity contribution in [3.8, 4) is 16.9 Å². The fourth-order valence-corrected chi connectivity index (χ4v) is 2.61. The van der Waals surface area contributed by atoms with Crippen molar-refractivity contribution in [2.75, 3.05) is 6.61 Å². The van der Waals surface area contributed by atoms with Crippen LogP contribution in [-0.4, -0.2) is 34.6 Å². The number of aromatic nitrogens is 1. The summed E-state index contributed by atoms with van der Waals surface area (Å²) in [7, 11) is 0. The fourth-order valence-electron chi connectivity index (χ4n) is 2.61. The number of hydrogen-bond acceptors (Lipinski definition) is 4. The van der Waals surface area contributed by atoms with Gasteiger partial charge >= 0.3 is 6.18 Å². The number of allylic oxidation sites excluding steroid dienone is 1. The van der Waals surface area contributed by atoms with Gasteiger partial charge in [-0.15, -0.1) is 0 Å². The zero-order chi connectivity index (χ0) is 25.0. The van der Waals surface area contributed by atoms with Crippen molar-refractivity contribution in [3.63, 3.8) is 0 Å². The minimum absolute atomic E-state index is 0.0291. The first-order chi connectivity index (χ1) is 15.3. The van der Waals surface area contributed by atoms with Gasteiger partial charge in [-0.25, -0.2) is 4.39 Å². The van der Waals surface area contributed by atoms with Gasteiger partial charge < -0.3 is 20.6 Å². The summed E-state index contributed by atoms with van der Waals surface area (Å²) in [5.74, 6) is -3.36. The van der Waals surface area contributed by atoms with Gasteiger partial charge in [0, 0.05) is 17.8 Å². The van der Waals surface area contributed by atoms with Crippen molar-refractivity contribution in [2.24, 2.45) is 16.1 Å². The predicted octanol–water partition coefficient (Wildman–Crippen LogP) is 4.04. The summed E-state index contributed by atoms with van der Waals surface area (Å²) in [5, 5.41) is 9.72. The first-order valence-electron chi connectivity index (χ1n) is 9.75. The van der Waals surface area contributed by atoms with Gasteiger partial charge in [-0.05, 0) is 44.0 Å². The predicted molar refractivity (Wildman–Crippen MR) is 115 cm³/mol. The number of nitrogens with one attached hydrogen (secondary N) is 1. The van der Waals surface area contributed by atoms with Crippen molar-refractivity contribution < 1.29 is 32.2 Å². The van der Waals surface area contributed by atoms with Gasteiger partial charge in [-0.3, -0.25) is 9.59 Å². The van der Waals surface area contributed by atoms with Gasteiger partial charge in [0.2, 0.25) is 0 Å². The largest absolute Gasteiger partial charge is 0.511 e. The normalized spacial score (nSPS) is 13.2. The molecule has 1 heterocycles. The summed E-state index contributed by atoms with van der Waals surface area (Å²) in [6.45, 7) is 3.46. The number of hydrogen-bond donors (Lipinski definition) is 3. The number of amidine groups is 1. The van der Waals surface area contributed by atoms with Crippen molar-refractivity contribution in [2.45, 2.75) is 33.4 Å². The number of rotatable bonds is 7. The first-order valence-corrected chi connectivity index (χ1v) is 9.75. The number of carbonyl (C=O) groups excluding carboxylic acids is 1. The number of benzene rings is 1. The molecule has 0 aliphatic heterocycles. The van der Waals surface area contributed by atoms with Crippen LogP contribution in [0.25, 0.3) is 11.1 Å². The molecule has 1 amide bonds. The van der Waals surface area contributed by atoms with Crippen LogP contribution in [0.2, 0.25) is 0 Å². The first kappa shape index (κ1) is 25.6. The lowest BCUT2D eigenvalue weighted by Crippen LogP contribution is -2.34. The summed E-state index contributed by atoms with van der Waals surface area (Å²) in [6.07, 6.45) is -3.34. The molecule has 0 saturated carbocycles. The number of H-pyrrole nitrogens is 1. The molecule has 178 valence electrons. The Morgan fingerprint density at radius 3 is 2.48 bits per heavy atom. The lowest BCUT2D eigenvalue weighted by atomic mass is 9.89. The third-order valence-electron chi connectivity index (χ3n) is 4.78. The van der Waals surface area contributed by atoms with Crippen molar-refractivity contribution in [1.82, 2.24) is 4.98 Å². The van der Waals surface area contributed by atoms with Gasteiger partial charge in [0.05, 0.1) is 13.0 Å². The SMILES string of the molecule is CCOc1cc(-c2ccc(CC(=O)N=C(N)/C=C(\O)C(C)(C)C(F)(F)F)c(F)c2)c[nH]c1=O. The minimum Gasteiger partial charge on any atom is -0.511 e. The van der Waals surface area contributed by atoms with Crippen LogP contribution in [0.15, 0.2) is 52.1 Å². The number of nitrogens with two attached hydrogens (primary N) is 1. The lowest BCUT2D eigenvalue weighted by Gasteiger charge is -2.26. The van der Waals surface area contributed by atoms with Crippen LogP contribution < -0.4 is 16.0 Å². The van der Waals surface area contributed by atoms with Crippen molar-refractivity contribution in [1.29, 1.82) is 0 Å². The zero-order valence-electron chi connectivity index (χ0n) is 18.1. The number of amides is 1. The highest BCUT2D eigenvalue weighted by Crippen LogP contribution is 2.42. The molecule has 0 saturated heterocycles. The van der Waals surface area contributed by atoms with Crippen LogP contribution in [0.3, 0.4) is 0 Å². The molecular weight excluding hydrogens is 446 g/mol. The maximum Gasteiger partial charge on any atom is 0.400 e. The van der Waals surface area contributed by atoms with E-state index in [9.17, 15) is 32.3 Å². The smallest absolute Gasteiger partial charge is 0.400 e. The number of nitrogens with zero attached hydrogens (tertiary/aromatic N) is 1. The van der Waals surface area contributed by atoms with E-state index < -0.39 is 46.9 Å². The Morgan fingerprint density at radius 1 is 1.24 bits per heavy atom. The van der Waals surface area contributed by atoms with E-state index in [2.05, 4.69) is 9.98 Å². The molecule has 2 rings (SSSR count). The maximum absolute atomic E-state index is 14.5. The molecule has 2 aromatic rings. The summed E-state index contributed by atoms with van der Waals surface area (Å²) in [5.41, 5.74) is 3.28. The molecule has 0 bridgehead atoms. The number of carbonyl (C=O) groups is 1. The molecule has 0 spiro atoms. The molecule has 0 unspecified atom stereocenters. The highest BCUT2D eigenvalue weighted by Gasteiger charge is 2.50. The molecule has 11 heteroatoms. The summed E-state index contributed by atoms with van der Waals surface area (Å²) in [4.78, 5) is 29.7. The summed E-state index contributed by atoms with van der Waals surface area (Å²) >= 11 is 0. The third kappa shape index (κ3) is 6.21. The highest BCUT2D eigenvalue weighted by molar-refractivity contribution is 6.00. The molecule has 0 atom stereocenters. The van der Waals surface area contributed by atoms with E-state index in [0.717, 1.165) is 19.9 Å². The topological polar surface area (TPSA) is 118 Å². The number of aliphatic hydroxyl groups is 1. The van der Waals surface area contributed by atoms with Gasteiger partial charge in [0.1, 0.15) is 22.8 Å². The second kappa shape index (κ2) is 9.88. The Labute approximate surface area is 186 Å². The average Bonchev–Trinajstić information content (AvgIpc) is 2.70. The van der Waals surface area contributed by atoms with E-state index in [-0.39, 0.29) is 17.9 Å². The number of ether oxygens (including phenoxy) is 1. The second-order valence-corrected chi connectivity index (χ2v) is 7.58. The van der Waals surface area contributed by atoms with Crippen LogP contribution in [-0.2, 0) is 11.2 Å². The Bertz CT molecular complexity index is 1150. The van der Waals surface area contributed by atoms with E-state index in [4.69, 9.17) is 10.5 Å². The maximum atomic E-state index is 14.5. The standard InChI is InChI=1S/C22H23F4N3O4/c1-4-33-16-8-14(11-28-20(16)32)12-5-6-13(15(23)7-12)9-19(31)29-18(27)10-17(30)21(2,3)22(24,25)26/h5-8,10-11,30H,4,9H2,1-3H3,(H,28,32)(H2,27,29,31)/b17-10-. The quantitative estimate of drug-likeness (QED) is 0.245. The van der Waals surface area contributed by atoms with Gasteiger partial charge in [-0.2, -0.15) is 18.2 Å². The number of alkyl halides is 3. The van der Waals surface area contributed by atoms with Crippen LogP contribution in [0, 0.1) is 11.2 Å². The molecule has 0 aliphatic carbocycles. The number of aliphatic hydroxyl groups excluding tert-OH is 1. The Hall–Kier alpha value is -3.63. The van der Waals surface area contributed by atoms with Crippen molar-refractivity contribution >= 4 is 11.7 Å². The second-order valence-electron chi connectivity index (χ2n) is 7.58. The molecule has 1 aromatic heterocycles. The van der Waals surface area contributed by atoms with E-state index >= 15 is 0 Å². The zero-order valence-corrected chi connectivity index (χ0v) is 18.1. The van der Waals surface area contributed by atoms with Crippen LogP contribution in [0.1, 0.15) is 26.3 Å². The van der Waals surface area contributed by atoms with Crippen LogP contribution >= 0.6 is 0 Å². The molecule has 0 radical (unpaired) electrons. The Kier molecular flexibility index (Phi) is 7.68. The van der Waals surface area contributed by atoms with E-state index in [0.29, 0.717) is 17.2 Å². The van der Waals surface area contributed by atoms with Crippen LogP contribution in [0.4, 0.5) is 17.6 Å². The van der Waals surface area contributed by atoms with Gasteiger partial charge in [-0.1, -0.05) is 12.1 Å². The molecule has 33 heavy (non-hydrogen) atoms. The van der Waals surface area contributed by atoms with Crippen molar-refractivity contribution in [3.05, 3.63) is 64.0 Å². The number of pyridine rings is 1. The van der Waals surface area contributed by atoms with Gasteiger partial charge in [0.15, 0.2) is 5.75 Å². The van der Waals surface area contributed by atoms with Gasteiger partial charge in [0.25, 0.3) is 11.5 Å². The number of aromatic amines is 1. The lowest BCUT2D eigenvalue weighted by molar-refractivity contribution is -0.206. The molecular formula is C22H23F4N3O4. The molecule has 4 N–H and O–H groups in total. The molecule has 0 aliphatic rings. The fraction of sp³-hybridized carbons (Fsp3) is 0.318. The highest BCUT2D eigenvalue weighted by atomic mass is 19.4. The van der Waals surface area contributed by atoms with E-state index in [1.807, 2.05) is 0 Å². The number of aliphatic imine (C=N–C) groups is 1. The summed E-state index contributed by atoms with van der Waals surface area (Å²) in [6, 6.07) is 5.45. The number of halogens is 4. The van der Waals surface area contributed by atoms with E-state index in [1.165, 1.54) is 24.4 Å².